The Morgan fingerprint density at radius 1 is 1.38 bits per heavy atom. The van der Waals surface area contributed by atoms with E-state index in [1.165, 1.54) is 18.2 Å². The van der Waals surface area contributed by atoms with E-state index in [1.807, 2.05) is 0 Å². The smallest absolute Gasteiger partial charge is 0.165 e. The molecule has 0 saturated heterocycles. The lowest BCUT2D eigenvalue weighted by Crippen LogP contribution is -2.10. The van der Waals surface area contributed by atoms with Gasteiger partial charge in [-0.05, 0) is 30.0 Å². The van der Waals surface area contributed by atoms with Gasteiger partial charge < -0.3 is 0 Å². The van der Waals surface area contributed by atoms with Gasteiger partial charge in [0.25, 0.3) is 0 Å². The van der Waals surface area contributed by atoms with Gasteiger partial charge in [-0.2, -0.15) is 0 Å². The molecule has 0 N–H and O–H groups in total. The van der Waals surface area contributed by atoms with Gasteiger partial charge in [-0.1, -0.05) is 32.4 Å². The van der Waals surface area contributed by atoms with E-state index in [1.54, 1.807) is 0 Å². The van der Waals surface area contributed by atoms with Crippen LogP contribution in [-0.4, -0.2) is 5.78 Å². The number of rotatable bonds is 3. The fourth-order valence-electron chi connectivity index (χ4n) is 1.33. The molecule has 0 aliphatic carbocycles. The molecule has 1 aromatic carbocycles. The molecule has 0 heterocycles. The third kappa shape index (κ3) is 3.93. The van der Waals surface area contributed by atoms with Crippen molar-refractivity contribution in [3.63, 3.8) is 0 Å². The first-order chi connectivity index (χ1) is 7.29. The van der Waals surface area contributed by atoms with Gasteiger partial charge in [0, 0.05) is 11.4 Å². The van der Waals surface area contributed by atoms with Crippen LogP contribution in [-0.2, 0) is 0 Å². The third-order valence-corrected chi connectivity index (χ3v) is 2.57. The minimum atomic E-state index is -0.497. The van der Waals surface area contributed by atoms with Crippen molar-refractivity contribution in [3.8, 4) is 0 Å². The Morgan fingerprint density at radius 2 is 2.00 bits per heavy atom. The second-order valence-electron chi connectivity index (χ2n) is 5.11. The van der Waals surface area contributed by atoms with Crippen LogP contribution in [0.4, 0.5) is 4.39 Å². The standard InChI is InChI=1S/C13H16ClFO/c1-13(2,3)7-6-12(16)10-8-9(14)4-5-11(10)15/h4-5,8H,6-7H2,1-3H3. The Hall–Kier alpha value is -0.890. The van der Waals surface area contributed by atoms with Crippen LogP contribution in [0.2, 0.25) is 5.02 Å². The highest BCUT2D eigenvalue weighted by atomic mass is 35.5. The summed E-state index contributed by atoms with van der Waals surface area (Å²) in [5, 5.41) is 0.389. The molecule has 0 unspecified atom stereocenters. The van der Waals surface area contributed by atoms with Crippen LogP contribution in [0.3, 0.4) is 0 Å². The minimum Gasteiger partial charge on any atom is -0.294 e. The summed E-state index contributed by atoms with van der Waals surface area (Å²) >= 11 is 5.73. The molecule has 1 aromatic rings. The predicted octanol–water partition coefficient (Wildman–Crippen LogP) is 4.49. The van der Waals surface area contributed by atoms with Crippen molar-refractivity contribution in [2.75, 3.05) is 0 Å². The fourth-order valence-corrected chi connectivity index (χ4v) is 1.51. The number of hydrogen-bond donors (Lipinski definition) is 0. The average molecular weight is 243 g/mol. The lowest BCUT2D eigenvalue weighted by atomic mass is 9.88. The van der Waals surface area contributed by atoms with Gasteiger partial charge in [0.1, 0.15) is 5.82 Å². The zero-order valence-corrected chi connectivity index (χ0v) is 10.6. The maximum absolute atomic E-state index is 13.4. The van der Waals surface area contributed by atoms with Crippen LogP contribution < -0.4 is 0 Å². The largest absolute Gasteiger partial charge is 0.294 e. The quantitative estimate of drug-likeness (QED) is 0.714. The van der Waals surface area contributed by atoms with Gasteiger partial charge >= 0.3 is 0 Å². The van der Waals surface area contributed by atoms with Gasteiger partial charge in [0.05, 0.1) is 5.56 Å². The summed E-state index contributed by atoms with van der Waals surface area (Å²) in [6.07, 6.45) is 1.08. The summed E-state index contributed by atoms with van der Waals surface area (Å²) in [5.74, 6) is -0.682. The van der Waals surface area contributed by atoms with E-state index in [0.717, 1.165) is 6.42 Å². The predicted molar refractivity (Wildman–Crippen MR) is 64.4 cm³/mol. The third-order valence-electron chi connectivity index (χ3n) is 2.33. The van der Waals surface area contributed by atoms with E-state index >= 15 is 0 Å². The van der Waals surface area contributed by atoms with Crippen molar-refractivity contribution in [1.82, 2.24) is 0 Å². The van der Waals surface area contributed by atoms with Crippen molar-refractivity contribution < 1.29 is 9.18 Å². The zero-order valence-electron chi connectivity index (χ0n) is 9.81. The lowest BCUT2D eigenvalue weighted by Gasteiger charge is -2.17. The SMILES string of the molecule is CC(C)(C)CCC(=O)c1cc(Cl)ccc1F. The first kappa shape index (κ1) is 13.2. The van der Waals surface area contributed by atoms with Crippen LogP contribution in [0.25, 0.3) is 0 Å². The zero-order chi connectivity index (χ0) is 12.3. The van der Waals surface area contributed by atoms with E-state index in [4.69, 9.17) is 11.6 Å². The molecule has 0 aliphatic heterocycles. The molecule has 16 heavy (non-hydrogen) atoms. The highest BCUT2D eigenvalue weighted by molar-refractivity contribution is 6.31. The van der Waals surface area contributed by atoms with Crippen molar-refractivity contribution in [3.05, 3.63) is 34.6 Å². The van der Waals surface area contributed by atoms with Crippen molar-refractivity contribution in [1.29, 1.82) is 0 Å². The number of carbonyl (C=O) groups is 1. The van der Waals surface area contributed by atoms with Gasteiger partial charge in [-0.3, -0.25) is 4.79 Å². The Balaban J connectivity index is 2.77. The number of carbonyl (C=O) groups excluding carboxylic acids is 1. The number of ketones is 1. The first-order valence-corrected chi connectivity index (χ1v) is 5.66. The van der Waals surface area contributed by atoms with E-state index in [2.05, 4.69) is 20.8 Å². The fraction of sp³-hybridized carbons (Fsp3) is 0.462. The summed E-state index contributed by atoms with van der Waals surface area (Å²) < 4.78 is 13.4. The Kier molecular flexibility index (Phi) is 4.09. The molecule has 0 atom stereocenters. The maximum Gasteiger partial charge on any atom is 0.165 e. The normalized spacial score (nSPS) is 11.6. The van der Waals surface area contributed by atoms with Crippen LogP contribution >= 0.6 is 11.6 Å². The first-order valence-electron chi connectivity index (χ1n) is 5.28. The Morgan fingerprint density at radius 3 is 2.56 bits per heavy atom. The second-order valence-corrected chi connectivity index (χ2v) is 5.54. The van der Waals surface area contributed by atoms with Gasteiger partial charge in [-0.15, -0.1) is 0 Å². The average Bonchev–Trinajstić information content (AvgIpc) is 2.17. The van der Waals surface area contributed by atoms with Crippen LogP contribution in [0.1, 0.15) is 44.0 Å². The van der Waals surface area contributed by atoms with E-state index in [0.29, 0.717) is 11.4 Å². The molecule has 0 saturated carbocycles. The number of hydrogen-bond acceptors (Lipinski definition) is 1. The molecule has 0 aliphatic rings. The summed E-state index contributed by atoms with van der Waals surface area (Å²) in [5.41, 5.74) is 0.168. The van der Waals surface area contributed by atoms with Crippen molar-refractivity contribution >= 4 is 17.4 Å². The summed E-state index contributed by atoms with van der Waals surface area (Å²) in [4.78, 5) is 11.8. The molecule has 88 valence electrons. The molecule has 0 aromatic heterocycles. The van der Waals surface area contributed by atoms with Gasteiger partial charge in [-0.25, -0.2) is 4.39 Å². The molecule has 3 heteroatoms. The van der Waals surface area contributed by atoms with Gasteiger partial charge in [0.2, 0.25) is 0 Å². The van der Waals surface area contributed by atoms with E-state index < -0.39 is 5.82 Å². The van der Waals surface area contributed by atoms with Crippen LogP contribution in [0, 0.1) is 11.2 Å². The van der Waals surface area contributed by atoms with Crippen LogP contribution in [0.15, 0.2) is 18.2 Å². The molecule has 1 rings (SSSR count). The monoisotopic (exact) mass is 242 g/mol. The molecular weight excluding hydrogens is 227 g/mol. The van der Waals surface area contributed by atoms with Gasteiger partial charge in [0.15, 0.2) is 5.78 Å². The number of halogens is 2. The van der Waals surface area contributed by atoms with Crippen molar-refractivity contribution in [2.24, 2.45) is 5.41 Å². The molecule has 0 radical (unpaired) electrons. The number of Topliss-reactive ketones (excluding diaryl/α,β-unsaturated/α-hetero) is 1. The Labute approximate surface area is 101 Å². The molecule has 1 nitrogen and oxygen atoms in total. The molecular formula is C13H16ClFO. The summed E-state index contributed by atoms with van der Waals surface area (Å²) in [6, 6.07) is 4.06. The lowest BCUT2D eigenvalue weighted by molar-refractivity contribution is 0.0962. The molecule has 0 bridgehead atoms. The minimum absolute atomic E-state index is 0.0741. The molecule has 0 fully saturated rings. The summed E-state index contributed by atoms with van der Waals surface area (Å²) in [7, 11) is 0. The maximum atomic E-state index is 13.4. The van der Waals surface area contributed by atoms with E-state index in [-0.39, 0.29) is 16.8 Å². The van der Waals surface area contributed by atoms with E-state index in [9.17, 15) is 9.18 Å². The highest BCUT2D eigenvalue weighted by Crippen LogP contribution is 2.23. The highest BCUT2D eigenvalue weighted by Gasteiger charge is 2.16. The van der Waals surface area contributed by atoms with Crippen molar-refractivity contribution in [2.45, 2.75) is 33.6 Å². The number of benzene rings is 1. The topological polar surface area (TPSA) is 17.1 Å². The summed E-state index contributed by atoms with van der Waals surface area (Å²) in [6.45, 7) is 6.15. The molecule has 0 spiro atoms. The second kappa shape index (κ2) is 4.96. The Bertz CT molecular complexity index is 393. The van der Waals surface area contributed by atoms with Crippen LogP contribution in [0.5, 0.6) is 0 Å². The molecule has 0 amide bonds.